The van der Waals surface area contributed by atoms with Crippen molar-refractivity contribution >= 4 is 11.3 Å². The van der Waals surface area contributed by atoms with Crippen molar-refractivity contribution < 1.29 is 5.11 Å². The molecule has 3 N–H and O–H groups in total. The molecule has 0 saturated heterocycles. The molecule has 1 aromatic heterocycles. The Labute approximate surface area is 117 Å². The summed E-state index contributed by atoms with van der Waals surface area (Å²) in [6, 6.07) is 12.5. The van der Waals surface area contributed by atoms with Crippen LogP contribution >= 0.6 is 11.3 Å². The van der Waals surface area contributed by atoms with E-state index in [-0.39, 0.29) is 5.41 Å². The van der Waals surface area contributed by atoms with E-state index in [4.69, 9.17) is 5.73 Å². The highest BCUT2D eigenvalue weighted by Gasteiger charge is 2.40. The minimum Gasteiger partial charge on any atom is -0.387 e. The van der Waals surface area contributed by atoms with Crippen molar-refractivity contribution in [3.63, 3.8) is 0 Å². The maximum atomic E-state index is 10.7. The molecule has 3 heteroatoms. The summed E-state index contributed by atoms with van der Waals surface area (Å²) >= 11 is 1.61. The molecule has 0 aliphatic heterocycles. The van der Waals surface area contributed by atoms with Gasteiger partial charge in [0.2, 0.25) is 0 Å². The zero-order valence-electron chi connectivity index (χ0n) is 10.9. The fourth-order valence-corrected chi connectivity index (χ4v) is 3.94. The van der Waals surface area contributed by atoms with Crippen LogP contribution in [-0.4, -0.2) is 11.7 Å². The first-order chi connectivity index (χ1) is 9.25. The van der Waals surface area contributed by atoms with Crippen LogP contribution in [0.3, 0.4) is 0 Å². The molecule has 2 unspecified atom stereocenters. The Hall–Kier alpha value is -1.16. The Bertz CT molecular complexity index is 552. The van der Waals surface area contributed by atoms with Crippen LogP contribution < -0.4 is 5.73 Å². The Balaban J connectivity index is 1.94. The van der Waals surface area contributed by atoms with E-state index in [1.807, 2.05) is 17.5 Å². The molecule has 3 rings (SSSR count). The molecular formula is C16H19NOS. The average molecular weight is 273 g/mol. The molecule has 1 heterocycles. The van der Waals surface area contributed by atoms with Gasteiger partial charge in [0.25, 0.3) is 0 Å². The summed E-state index contributed by atoms with van der Waals surface area (Å²) in [5.41, 5.74) is 8.59. The van der Waals surface area contributed by atoms with Crippen molar-refractivity contribution in [2.24, 2.45) is 11.1 Å². The number of hydrogen-bond acceptors (Lipinski definition) is 3. The van der Waals surface area contributed by atoms with Crippen molar-refractivity contribution in [1.82, 2.24) is 0 Å². The third kappa shape index (κ3) is 2.22. The highest BCUT2D eigenvalue weighted by Crippen LogP contribution is 2.45. The minimum absolute atomic E-state index is 0.209. The topological polar surface area (TPSA) is 46.2 Å². The summed E-state index contributed by atoms with van der Waals surface area (Å²) in [5, 5.41) is 12.8. The van der Waals surface area contributed by atoms with Crippen LogP contribution in [0.15, 0.2) is 41.8 Å². The number of hydrogen-bond donors (Lipinski definition) is 2. The van der Waals surface area contributed by atoms with E-state index in [9.17, 15) is 5.11 Å². The van der Waals surface area contributed by atoms with Gasteiger partial charge in [0.15, 0.2) is 0 Å². The average Bonchev–Trinajstić information content (AvgIpc) is 3.00. The van der Waals surface area contributed by atoms with Gasteiger partial charge in [0, 0.05) is 16.8 Å². The largest absolute Gasteiger partial charge is 0.387 e. The monoisotopic (exact) mass is 273 g/mol. The molecule has 0 fully saturated rings. The van der Waals surface area contributed by atoms with Gasteiger partial charge in [-0.15, -0.1) is 11.3 Å². The normalized spacial score (nSPS) is 23.9. The van der Waals surface area contributed by atoms with E-state index in [1.54, 1.807) is 11.3 Å². The van der Waals surface area contributed by atoms with Crippen molar-refractivity contribution in [2.75, 3.05) is 6.54 Å². The van der Waals surface area contributed by atoms with Gasteiger partial charge in [-0.2, -0.15) is 0 Å². The standard InChI is InChI=1S/C16H19NOS/c17-11-16(15(18)14-6-3-9-19-14)8-7-12-4-1-2-5-13(12)10-16/h1-6,9,15,18H,7-8,10-11,17H2. The molecule has 0 amide bonds. The lowest BCUT2D eigenvalue weighted by molar-refractivity contribution is 0.0204. The van der Waals surface area contributed by atoms with Crippen LogP contribution in [0.1, 0.15) is 28.5 Å². The lowest BCUT2D eigenvalue weighted by Crippen LogP contribution is -2.41. The number of fused-ring (bicyclic) bond motifs is 1. The van der Waals surface area contributed by atoms with Gasteiger partial charge in [-0.3, -0.25) is 0 Å². The van der Waals surface area contributed by atoms with Gasteiger partial charge < -0.3 is 10.8 Å². The first kappa shape index (κ1) is 12.9. The van der Waals surface area contributed by atoms with Crippen molar-refractivity contribution in [3.8, 4) is 0 Å². The van der Waals surface area contributed by atoms with Gasteiger partial charge in [0.05, 0.1) is 6.10 Å². The maximum Gasteiger partial charge on any atom is 0.0953 e. The molecule has 19 heavy (non-hydrogen) atoms. The third-order valence-electron chi connectivity index (χ3n) is 4.35. The van der Waals surface area contributed by atoms with E-state index in [0.717, 1.165) is 24.1 Å². The third-order valence-corrected chi connectivity index (χ3v) is 5.28. The molecule has 2 atom stereocenters. The van der Waals surface area contributed by atoms with Crippen molar-refractivity contribution in [3.05, 3.63) is 57.8 Å². The van der Waals surface area contributed by atoms with E-state index < -0.39 is 6.10 Å². The van der Waals surface area contributed by atoms with Gasteiger partial charge in [-0.1, -0.05) is 30.3 Å². The first-order valence-electron chi connectivity index (χ1n) is 6.73. The van der Waals surface area contributed by atoms with Gasteiger partial charge in [-0.25, -0.2) is 0 Å². The zero-order chi connectivity index (χ0) is 13.3. The van der Waals surface area contributed by atoms with E-state index in [2.05, 4.69) is 24.3 Å². The number of aliphatic hydroxyl groups excluding tert-OH is 1. The Morgan fingerprint density at radius 1 is 1.21 bits per heavy atom. The second-order valence-electron chi connectivity index (χ2n) is 5.43. The summed E-state index contributed by atoms with van der Waals surface area (Å²) in [5.74, 6) is 0. The van der Waals surface area contributed by atoms with Gasteiger partial charge in [0.1, 0.15) is 0 Å². The lowest BCUT2D eigenvalue weighted by Gasteiger charge is -2.40. The number of nitrogens with two attached hydrogens (primary N) is 1. The molecule has 1 aliphatic carbocycles. The maximum absolute atomic E-state index is 10.7. The first-order valence-corrected chi connectivity index (χ1v) is 7.61. The predicted molar refractivity (Wildman–Crippen MR) is 79.2 cm³/mol. The quantitative estimate of drug-likeness (QED) is 0.903. The zero-order valence-corrected chi connectivity index (χ0v) is 11.7. The van der Waals surface area contributed by atoms with Crippen LogP contribution in [0.4, 0.5) is 0 Å². The SMILES string of the molecule is NCC1(C(O)c2cccs2)CCc2ccccc2C1. The molecular weight excluding hydrogens is 254 g/mol. The minimum atomic E-state index is -0.453. The van der Waals surface area contributed by atoms with Gasteiger partial charge in [-0.05, 0) is 41.8 Å². The fraction of sp³-hybridized carbons (Fsp3) is 0.375. The van der Waals surface area contributed by atoms with E-state index in [0.29, 0.717) is 6.54 Å². The number of benzene rings is 1. The van der Waals surface area contributed by atoms with E-state index >= 15 is 0 Å². The van der Waals surface area contributed by atoms with Crippen LogP contribution in [-0.2, 0) is 12.8 Å². The fourth-order valence-electron chi connectivity index (χ4n) is 3.09. The summed E-state index contributed by atoms with van der Waals surface area (Å²) < 4.78 is 0. The van der Waals surface area contributed by atoms with Crippen LogP contribution in [0.5, 0.6) is 0 Å². The number of aryl methyl sites for hydroxylation is 1. The second-order valence-corrected chi connectivity index (χ2v) is 6.41. The van der Waals surface area contributed by atoms with Crippen LogP contribution in [0.2, 0.25) is 0 Å². The Morgan fingerprint density at radius 3 is 2.68 bits per heavy atom. The lowest BCUT2D eigenvalue weighted by atomic mass is 9.68. The molecule has 1 aliphatic rings. The smallest absolute Gasteiger partial charge is 0.0953 e. The second kappa shape index (κ2) is 5.08. The molecule has 2 aromatic rings. The number of aliphatic hydroxyl groups is 1. The number of rotatable bonds is 3. The summed E-state index contributed by atoms with van der Waals surface area (Å²) in [6.07, 6.45) is 2.39. The van der Waals surface area contributed by atoms with Crippen LogP contribution in [0.25, 0.3) is 0 Å². The van der Waals surface area contributed by atoms with E-state index in [1.165, 1.54) is 11.1 Å². The van der Waals surface area contributed by atoms with Crippen molar-refractivity contribution in [2.45, 2.75) is 25.4 Å². The number of thiophene rings is 1. The van der Waals surface area contributed by atoms with Crippen LogP contribution in [0, 0.1) is 5.41 Å². The highest BCUT2D eigenvalue weighted by atomic mass is 32.1. The van der Waals surface area contributed by atoms with Crippen molar-refractivity contribution in [1.29, 1.82) is 0 Å². The molecule has 0 spiro atoms. The molecule has 1 aromatic carbocycles. The summed E-state index contributed by atoms with van der Waals surface area (Å²) in [7, 11) is 0. The molecule has 2 nitrogen and oxygen atoms in total. The molecule has 0 radical (unpaired) electrons. The Morgan fingerprint density at radius 2 is 2.00 bits per heavy atom. The molecule has 0 bridgehead atoms. The molecule has 100 valence electrons. The summed E-state index contributed by atoms with van der Waals surface area (Å²) in [4.78, 5) is 1.03. The molecule has 0 saturated carbocycles. The van der Waals surface area contributed by atoms with Gasteiger partial charge >= 0.3 is 0 Å². The Kier molecular flexibility index (Phi) is 3.44. The summed E-state index contributed by atoms with van der Waals surface area (Å²) in [6.45, 7) is 0.528. The highest BCUT2D eigenvalue weighted by molar-refractivity contribution is 7.10. The predicted octanol–water partition coefficient (Wildman–Crippen LogP) is 2.92.